The van der Waals surface area contributed by atoms with Crippen molar-refractivity contribution >= 4 is 29.1 Å². The van der Waals surface area contributed by atoms with Crippen molar-refractivity contribution in [3.05, 3.63) is 27.7 Å². The number of rotatable bonds is 3. The number of nitrogens with one attached hydrogen (secondary N) is 1. The molecule has 3 N–H and O–H groups in total. The molecule has 0 heterocycles. The molecule has 0 unspecified atom stereocenters. The predicted molar refractivity (Wildman–Crippen MR) is 78.0 cm³/mol. The lowest BCUT2D eigenvalue weighted by molar-refractivity contribution is -0.125. The maximum Gasteiger partial charge on any atom is 0.249 e. The topological polar surface area (TPSA) is 64.3 Å². The maximum absolute atomic E-state index is 11.0. The molecule has 3 saturated carbocycles. The van der Waals surface area contributed by atoms with Crippen LogP contribution in [0, 0.1) is 0 Å². The van der Waals surface area contributed by atoms with Gasteiger partial charge >= 0.3 is 0 Å². The standard InChI is InChI=1S/C14H16Cl2N2O2/c1-8(19)18-20-10-3-2-9(15)12(16)11(10)13-4-5-14(17,6-13)7-13/h2-3H,4-7,17H2,1H3,(H,18,19). The van der Waals surface area contributed by atoms with Gasteiger partial charge in [-0.25, -0.2) is 0 Å². The molecule has 2 bridgehead atoms. The van der Waals surface area contributed by atoms with Gasteiger partial charge in [0.25, 0.3) is 0 Å². The molecule has 0 atom stereocenters. The van der Waals surface area contributed by atoms with E-state index in [0.29, 0.717) is 15.8 Å². The summed E-state index contributed by atoms with van der Waals surface area (Å²) >= 11 is 12.5. The lowest BCUT2D eigenvalue weighted by Crippen LogP contribution is -2.52. The number of fused-ring (bicyclic) bond motifs is 1. The van der Waals surface area contributed by atoms with Crippen LogP contribution in [0.2, 0.25) is 10.0 Å². The Morgan fingerprint density at radius 1 is 1.35 bits per heavy atom. The summed E-state index contributed by atoms with van der Waals surface area (Å²) in [5.41, 5.74) is 9.32. The van der Waals surface area contributed by atoms with E-state index in [0.717, 1.165) is 31.2 Å². The smallest absolute Gasteiger partial charge is 0.249 e. The van der Waals surface area contributed by atoms with Crippen molar-refractivity contribution in [2.24, 2.45) is 5.73 Å². The molecule has 3 aliphatic carbocycles. The van der Waals surface area contributed by atoms with Crippen molar-refractivity contribution < 1.29 is 9.63 Å². The zero-order chi connectivity index (χ0) is 14.5. The van der Waals surface area contributed by atoms with Crippen LogP contribution in [0.1, 0.15) is 38.2 Å². The first kappa shape index (κ1) is 14.0. The Hall–Kier alpha value is -0.970. The van der Waals surface area contributed by atoms with E-state index in [1.165, 1.54) is 6.92 Å². The molecule has 0 radical (unpaired) electrons. The Balaban J connectivity index is 2.00. The van der Waals surface area contributed by atoms with Crippen LogP contribution in [0.5, 0.6) is 5.75 Å². The normalized spacial score (nSPS) is 30.8. The minimum Gasteiger partial charge on any atom is -0.379 e. The van der Waals surface area contributed by atoms with E-state index in [1.54, 1.807) is 12.1 Å². The van der Waals surface area contributed by atoms with Crippen LogP contribution < -0.4 is 16.1 Å². The van der Waals surface area contributed by atoms with Gasteiger partial charge in [-0.3, -0.25) is 4.79 Å². The first-order chi connectivity index (χ1) is 9.35. The molecule has 4 rings (SSSR count). The lowest BCUT2D eigenvalue weighted by atomic mass is 9.62. The highest BCUT2D eigenvalue weighted by molar-refractivity contribution is 6.42. The fourth-order valence-corrected chi connectivity index (χ4v) is 4.19. The van der Waals surface area contributed by atoms with Gasteiger partial charge in [-0.15, -0.1) is 0 Å². The van der Waals surface area contributed by atoms with Gasteiger partial charge < -0.3 is 10.6 Å². The SMILES string of the molecule is CC(=O)NOc1ccc(Cl)c(Cl)c1C12CCC(N)(C1)C2. The number of hydroxylamine groups is 1. The number of benzene rings is 1. The van der Waals surface area contributed by atoms with E-state index in [9.17, 15) is 4.79 Å². The lowest BCUT2D eigenvalue weighted by Gasteiger charge is -2.46. The molecule has 0 aromatic heterocycles. The van der Waals surface area contributed by atoms with Crippen molar-refractivity contribution in [1.82, 2.24) is 5.48 Å². The van der Waals surface area contributed by atoms with Crippen molar-refractivity contribution in [1.29, 1.82) is 0 Å². The summed E-state index contributed by atoms with van der Waals surface area (Å²) in [4.78, 5) is 16.4. The monoisotopic (exact) mass is 314 g/mol. The number of hydrogen-bond acceptors (Lipinski definition) is 3. The van der Waals surface area contributed by atoms with Gasteiger partial charge in [0, 0.05) is 23.4 Å². The molecule has 20 heavy (non-hydrogen) atoms. The third-order valence-electron chi connectivity index (χ3n) is 4.37. The molecular formula is C14H16Cl2N2O2. The molecule has 0 spiro atoms. The van der Waals surface area contributed by atoms with Gasteiger partial charge in [-0.1, -0.05) is 23.2 Å². The Labute approximate surface area is 127 Å². The van der Waals surface area contributed by atoms with Crippen molar-refractivity contribution in [2.75, 3.05) is 0 Å². The van der Waals surface area contributed by atoms with Gasteiger partial charge in [-0.05, 0) is 37.8 Å². The summed E-state index contributed by atoms with van der Waals surface area (Å²) in [6.45, 7) is 1.39. The van der Waals surface area contributed by atoms with Crippen LogP contribution in [-0.2, 0) is 10.2 Å². The summed E-state index contributed by atoms with van der Waals surface area (Å²) in [5, 5.41) is 0.992. The Morgan fingerprint density at radius 2 is 2.05 bits per heavy atom. The second-order valence-corrected chi connectivity index (χ2v) is 6.78. The van der Waals surface area contributed by atoms with E-state index in [1.807, 2.05) is 0 Å². The first-order valence-corrected chi connectivity index (χ1v) is 7.32. The number of halogens is 2. The first-order valence-electron chi connectivity index (χ1n) is 6.56. The number of hydrogen-bond donors (Lipinski definition) is 2. The van der Waals surface area contributed by atoms with Gasteiger partial charge in [-0.2, -0.15) is 5.48 Å². The molecule has 6 heteroatoms. The Kier molecular flexibility index (Phi) is 3.16. The minimum absolute atomic E-state index is 0.0649. The van der Waals surface area contributed by atoms with E-state index in [-0.39, 0.29) is 16.9 Å². The van der Waals surface area contributed by atoms with Gasteiger partial charge in [0.05, 0.1) is 10.0 Å². The van der Waals surface area contributed by atoms with Crippen LogP contribution in [0.15, 0.2) is 12.1 Å². The van der Waals surface area contributed by atoms with E-state index in [2.05, 4.69) is 5.48 Å². The minimum atomic E-state index is -0.271. The number of nitrogens with two attached hydrogens (primary N) is 1. The van der Waals surface area contributed by atoms with E-state index < -0.39 is 0 Å². The summed E-state index contributed by atoms with van der Waals surface area (Å²) in [6.07, 6.45) is 3.72. The van der Waals surface area contributed by atoms with Crippen molar-refractivity contribution in [3.63, 3.8) is 0 Å². The third-order valence-corrected chi connectivity index (χ3v) is 5.18. The zero-order valence-corrected chi connectivity index (χ0v) is 12.6. The highest BCUT2D eigenvalue weighted by Gasteiger charge is 2.61. The summed E-state index contributed by atoms with van der Waals surface area (Å²) < 4.78 is 0. The fourth-order valence-electron chi connectivity index (χ4n) is 3.68. The van der Waals surface area contributed by atoms with Crippen molar-refractivity contribution in [3.8, 4) is 5.75 Å². The number of carbonyl (C=O) groups excluding carboxylic acids is 1. The van der Waals surface area contributed by atoms with E-state index in [4.69, 9.17) is 33.8 Å². The molecule has 3 aliphatic rings. The van der Waals surface area contributed by atoms with Crippen LogP contribution >= 0.6 is 23.2 Å². The molecular weight excluding hydrogens is 299 g/mol. The predicted octanol–water partition coefficient (Wildman–Crippen LogP) is 2.95. The second-order valence-electron chi connectivity index (χ2n) is 5.99. The number of carbonyl (C=O) groups is 1. The molecule has 0 saturated heterocycles. The fraction of sp³-hybridized carbons (Fsp3) is 0.500. The highest BCUT2D eigenvalue weighted by Crippen LogP contribution is 2.64. The van der Waals surface area contributed by atoms with Crippen LogP contribution in [-0.4, -0.2) is 11.4 Å². The molecule has 1 amide bonds. The zero-order valence-electron chi connectivity index (χ0n) is 11.1. The van der Waals surface area contributed by atoms with Gasteiger partial charge in [0.1, 0.15) is 0 Å². The molecule has 0 aliphatic heterocycles. The molecule has 108 valence electrons. The van der Waals surface area contributed by atoms with Crippen molar-refractivity contribution in [2.45, 2.75) is 43.6 Å². The van der Waals surface area contributed by atoms with Crippen LogP contribution in [0.3, 0.4) is 0 Å². The van der Waals surface area contributed by atoms with Crippen LogP contribution in [0.25, 0.3) is 0 Å². The quantitative estimate of drug-likeness (QED) is 0.843. The molecule has 1 aromatic carbocycles. The van der Waals surface area contributed by atoms with E-state index >= 15 is 0 Å². The molecule has 4 nitrogen and oxygen atoms in total. The highest BCUT2D eigenvalue weighted by atomic mass is 35.5. The average Bonchev–Trinajstić information content (AvgIpc) is 2.84. The van der Waals surface area contributed by atoms with Gasteiger partial charge in [0.15, 0.2) is 5.75 Å². The Morgan fingerprint density at radius 3 is 2.60 bits per heavy atom. The number of amides is 1. The summed E-state index contributed by atoms with van der Waals surface area (Å²) in [6, 6.07) is 3.41. The largest absolute Gasteiger partial charge is 0.379 e. The Bertz CT molecular complexity index is 583. The molecule has 3 fully saturated rings. The van der Waals surface area contributed by atoms with Gasteiger partial charge in [0.2, 0.25) is 5.91 Å². The third kappa shape index (κ3) is 2.07. The second kappa shape index (κ2) is 4.52. The molecule has 1 aromatic rings. The van der Waals surface area contributed by atoms with Crippen LogP contribution in [0.4, 0.5) is 0 Å². The maximum atomic E-state index is 11.0. The summed E-state index contributed by atoms with van der Waals surface area (Å²) in [5.74, 6) is 0.284. The summed E-state index contributed by atoms with van der Waals surface area (Å²) in [7, 11) is 0. The average molecular weight is 315 g/mol.